The van der Waals surface area contributed by atoms with Crippen LogP contribution in [0.1, 0.15) is 31.0 Å². The number of esters is 1. The standard InChI is InChI=1S/C23H18BrClN2O3S/c1-3-30-22(29)19-13(2)26-23-27(20(19)16-9-4-5-10-17(16)25)21(28)18(31-23)12-14-7-6-8-15(24)11-14/h4-12,20H,3H2,1-2H3. The highest BCUT2D eigenvalue weighted by Crippen LogP contribution is 2.34. The van der Waals surface area contributed by atoms with Gasteiger partial charge in [0.25, 0.3) is 5.56 Å². The SMILES string of the molecule is CCOC(=O)C1=C(C)N=c2sc(=Cc3cccc(Br)c3)c(=O)n2C1c1ccccc1Cl. The number of carbonyl (C=O) groups is 1. The molecule has 3 aromatic rings. The monoisotopic (exact) mass is 516 g/mol. The lowest BCUT2D eigenvalue weighted by molar-refractivity contribution is -0.139. The minimum absolute atomic E-state index is 0.220. The quantitative estimate of drug-likeness (QED) is 0.487. The summed E-state index contributed by atoms with van der Waals surface area (Å²) in [5, 5.41) is 0.463. The lowest BCUT2D eigenvalue weighted by atomic mass is 9.96. The van der Waals surface area contributed by atoms with Crippen LogP contribution in [0.15, 0.2) is 74.1 Å². The molecular weight excluding hydrogens is 500 g/mol. The van der Waals surface area contributed by atoms with Crippen LogP contribution < -0.4 is 14.9 Å². The first-order valence-electron chi connectivity index (χ1n) is 9.60. The molecule has 1 atom stereocenters. The first kappa shape index (κ1) is 21.7. The van der Waals surface area contributed by atoms with Crippen molar-refractivity contribution >= 4 is 50.9 Å². The van der Waals surface area contributed by atoms with Crippen molar-refractivity contribution in [3.8, 4) is 0 Å². The van der Waals surface area contributed by atoms with Crippen molar-refractivity contribution in [3.63, 3.8) is 0 Å². The van der Waals surface area contributed by atoms with Gasteiger partial charge in [0.2, 0.25) is 0 Å². The zero-order chi connectivity index (χ0) is 22.1. The Labute approximate surface area is 196 Å². The molecule has 0 amide bonds. The number of rotatable bonds is 4. The Morgan fingerprint density at radius 2 is 2.06 bits per heavy atom. The maximum absolute atomic E-state index is 13.5. The highest BCUT2D eigenvalue weighted by Gasteiger charge is 2.34. The second-order valence-corrected chi connectivity index (χ2v) is 9.21. The maximum Gasteiger partial charge on any atom is 0.338 e. The summed E-state index contributed by atoms with van der Waals surface area (Å²) in [4.78, 5) is 31.4. The van der Waals surface area contributed by atoms with Crippen LogP contribution >= 0.6 is 38.9 Å². The van der Waals surface area contributed by atoms with E-state index >= 15 is 0 Å². The molecule has 158 valence electrons. The van der Waals surface area contributed by atoms with Gasteiger partial charge in [0, 0.05) is 9.50 Å². The van der Waals surface area contributed by atoms with E-state index in [9.17, 15) is 9.59 Å². The fourth-order valence-electron chi connectivity index (χ4n) is 3.53. The van der Waals surface area contributed by atoms with Crippen molar-refractivity contribution in [3.05, 3.63) is 100 Å². The Morgan fingerprint density at radius 1 is 1.29 bits per heavy atom. The first-order chi connectivity index (χ1) is 14.9. The molecule has 1 aromatic heterocycles. The Bertz CT molecular complexity index is 1390. The van der Waals surface area contributed by atoms with Gasteiger partial charge in [-0.3, -0.25) is 9.36 Å². The Kier molecular flexibility index (Phi) is 6.27. The average Bonchev–Trinajstić information content (AvgIpc) is 3.02. The van der Waals surface area contributed by atoms with Crippen LogP contribution in [0.4, 0.5) is 0 Å². The number of ether oxygens (including phenoxy) is 1. The summed E-state index contributed by atoms with van der Waals surface area (Å²) < 4.78 is 8.27. The van der Waals surface area contributed by atoms with Gasteiger partial charge in [-0.05, 0) is 49.2 Å². The zero-order valence-electron chi connectivity index (χ0n) is 16.8. The van der Waals surface area contributed by atoms with Gasteiger partial charge in [-0.2, -0.15) is 0 Å². The molecule has 0 spiro atoms. The van der Waals surface area contributed by atoms with Crippen molar-refractivity contribution in [1.29, 1.82) is 0 Å². The number of nitrogens with zero attached hydrogens (tertiary/aromatic N) is 2. The molecular formula is C23H18BrClN2O3S. The molecule has 0 N–H and O–H groups in total. The highest BCUT2D eigenvalue weighted by molar-refractivity contribution is 9.10. The molecule has 0 radical (unpaired) electrons. The van der Waals surface area contributed by atoms with Gasteiger partial charge in [0.15, 0.2) is 4.80 Å². The number of aromatic nitrogens is 1. The lowest BCUT2D eigenvalue weighted by Gasteiger charge is -2.25. The van der Waals surface area contributed by atoms with E-state index in [1.54, 1.807) is 19.9 Å². The smallest absolute Gasteiger partial charge is 0.338 e. The van der Waals surface area contributed by atoms with Crippen LogP contribution in [-0.2, 0) is 9.53 Å². The van der Waals surface area contributed by atoms with Crippen molar-refractivity contribution in [2.24, 2.45) is 4.99 Å². The van der Waals surface area contributed by atoms with Gasteiger partial charge in [-0.25, -0.2) is 9.79 Å². The van der Waals surface area contributed by atoms with Gasteiger partial charge in [0.05, 0.1) is 22.4 Å². The summed E-state index contributed by atoms with van der Waals surface area (Å²) in [5.74, 6) is -0.505. The summed E-state index contributed by atoms with van der Waals surface area (Å²) in [6, 6.07) is 14.2. The van der Waals surface area contributed by atoms with Crippen LogP contribution in [0, 0.1) is 0 Å². The number of thiazole rings is 1. The molecule has 0 bridgehead atoms. The molecule has 4 rings (SSSR count). The Morgan fingerprint density at radius 3 is 2.77 bits per heavy atom. The molecule has 0 saturated heterocycles. The summed E-state index contributed by atoms with van der Waals surface area (Å²) in [6.45, 7) is 3.71. The third-order valence-corrected chi connectivity index (χ3v) is 6.68. The summed E-state index contributed by atoms with van der Waals surface area (Å²) >= 11 is 11.2. The van der Waals surface area contributed by atoms with Gasteiger partial charge >= 0.3 is 5.97 Å². The number of hydrogen-bond donors (Lipinski definition) is 0. The molecule has 5 nitrogen and oxygen atoms in total. The van der Waals surface area contributed by atoms with Gasteiger partial charge in [0.1, 0.15) is 6.04 Å². The first-order valence-corrected chi connectivity index (χ1v) is 11.6. The molecule has 1 unspecified atom stereocenters. The maximum atomic E-state index is 13.5. The molecule has 8 heteroatoms. The number of allylic oxidation sites excluding steroid dienone is 1. The van der Waals surface area contributed by atoms with Gasteiger partial charge in [-0.15, -0.1) is 0 Å². The van der Waals surface area contributed by atoms with Crippen molar-refractivity contribution in [1.82, 2.24) is 4.57 Å². The van der Waals surface area contributed by atoms with E-state index in [1.165, 1.54) is 15.9 Å². The summed E-state index contributed by atoms with van der Waals surface area (Å²) in [5.41, 5.74) is 2.13. The molecule has 31 heavy (non-hydrogen) atoms. The predicted octanol–water partition coefficient (Wildman–Crippen LogP) is 4.21. The Hall–Kier alpha value is -2.48. The van der Waals surface area contributed by atoms with Crippen LogP contribution in [0.2, 0.25) is 5.02 Å². The summed E-state index contributed by atoms with van der Waals surface area (Å²) in [7, 11) is 0. The van der Waals surface area contributed by atoms with Gasteiger partial charge in [-0.1, -0.05) is 69.2 Å². The normalized spacial score (nSPS) is 16.1. The number of benzene rings is 2. The topological polar surface area (TPSA) is 60.7 Å². The molecule has 0 fully saturated rings. The van der Waals surface area contributed by atoms with Crippen LogP contribution in [0.25, 0.3) is 6.08 Å². The van der Waals surface area contributed by atoms with Crippen molar-refractivity contribution < 1.29 is 9.53 Å². The van der Waals surface area contributed by atoms with Crippen LogP contribution in [0.5, 0.6) is 0 Å². The molecule has 2 aromatic carbocycles. The van der Waals surface area contributed by atoms with Crippen LogP contribution in [-0.4, -0.2) is 17.1 Å². The van der Waals surface area contributed by atoms with E-state index in [-0.39, 0.29) is 12.2 Å². The zero-order valence-corrected chi connectivity index (χ0v) is 19.9. The number of hydrogen-bond acceptors (Lipinski definition) is 5. The fraction of sp³-hybridized carbons (Fsp3) is 0.174. The minimum atomic E-state index is -0.714. The van der Waals surface area contributed by atoms with E-state index < -0.39 is 12.0 Å². The molecule has 1 aliphatic heterocycles. The molecule has 0 saturated carbocycles. The average molecular weight is 518 g/mol. The van der Waals surface area contributed by atoms with E-state index in [0.717, 1.165) is 10.0 Å². The molecule has 1 aliphatic rings. The van der Waals surface area contributed by atoms with E-state index in [0.29, 0.717) is 31.2 Å². The predicted molar refractivity (Wildman–Crippen MR) is 126 cm³/mol. The molecule has 2 heterocycles. The lowest BCUT2D eigenvalue weighted by Crippen LogP contribution is -2.40. The number of fused-ring (bicyclic) bond motifs is 1. The Balaban J connectivity index is 1.99. The largest absolute Gasteiger partial charge is 0.463 e. The van der Waals surface area contributed by atoms with Crippen molar-refractivity contribution in [2.45, 2.75) is 19.9 Å². The third-order valence-electron chi connectivity index (χ3n) is 4.86. The third kappa shape index (κ3) is 4.18. The summed E-state index contributed by atoms with van der Waals surface area (Å²) in [6.07, 6.45) is 1.82. The molecule has 0 aliphatic carbocycles. The van der Waals surface area contributed by atoms with Gasteiger partial charge < -0.3 is 4.74 Å². The fourth-order valence-corrected chi connectivity index (χ4v) is 5.23. The van der Waals surface area contributed by atoms with E-state index in [2.05, 4.69) is 20.9 Å². The number of carbonyl (C=O) groups excluding carboxylic acids is 1. The van der Waals surface area contributed by atoms with E-state index in [1.807, 2.05) is 48.5 Å². The van der Waals surface area contributed by atoms with Crippen LogP contribution in [0.3, 0.4) is 0 Å². The minimum Gasteiger partial charge on any atom is -0.463 e. The van der Waals surface area contributed by atoms with E-state index in [4.69, 9.17) is 16.3 Å². The number of halogens is 2. The van der Waals surface area contributed by atoms with Crippen molar-refractivity contribution in [2.75, 3.05) is 6.61 Å². The second-order valence-electron chi connectivity index (χ2n) is 6.88. The second kappa shape index (κ2) is 8.94. The highest BCUT2D eigenvalue weighted by atomic mass is 79.9.